The van der Waals surface area contributed by atoms with E-state index in [9.17, 15) is 28.8 Å². The second-order valence-electron chi connectivity index (χ2n) is 15.6. The number of likely N-dealkylation sites (tertiary alicyclic amines) is 1. The molecule has 0 aromatic carbocycles. The summed E-state index contributed by atoms with van der Waals surface area (Å²) >= 11 is 0. The van der Waals surface area contributed by atoms with Gasteiger partial charge in [-0.15, -0.1) is 0 Å². The summed E-state index contributed by atoms with van der Waals surface area (Å²) in [5.41, 5.74) is -0.280. The molecule has 276 valence electrons. The SMILES string of the molecule is CC1[C@H]2CCC[C@H]2CN1C(=O)C(NC(=O)[C@@H](NC(=O)c1cnccn1)C1CCCCC1)C(C)(C)C.CCC[C@H](NC=O)C(=O)C(=O)NC1CC1. The molecule has 50 heavy (non-hydrogen) atoms. The summed E-state index contributed by atoms with van der Waals surface area (Å²) in [7, 11) is 0. The van der Waals surface area contributed by atoms with Crippen molar-refractivity contribution in [1.82, 2.24) is 36.1 Å². The summed E-state index contributed by atoms with van der Waals surface area (Å²) in [6.07, 6.45) is 16.5. The number of hydrogen-bond donors (Lipinski definition) is 4. The standard InChI is InChI=1S/C27H41N5O3.C10H16N2O3/c1-17-20-12-8-11-19(20)16-32(17)26(35)23(27(2,3)4)31-25(34)22(18-9-6-5-7-10-18)30-24(33)21-15-28-13-14-29-21;1-2-3-8(11-6-13)9(14)10(15)12-7-4-5-7/h13-15,17-20,22-23H,5-12,16H2,1-4H3,(H,30,33)(H,31,34);6-8H,2-5H2,1H3,(H,11,13)(H,12,15)/t17?,19-,20+,22-,23?;8-/m00/s1. The molecule has 0 bridgehead atoms. The molecule has 6 atom stereocenters. The van der Waals surface area contributed by atoms with Gasteiger partial charge in [-0.05, 0) is 75.0 Å². The van der Waals surface area contributed by atoms with Gasteiger partial charge < -0.3 is 26.2 Å². The number of carbonyl (C=O) groups is 6. The first-order valence-corrected chi connectivity index (χ1v) is 18.6. The van der Waals surface area contributed by atoms with Gasteiger partial charge in [-0.25, -0.2) is 4.98 Å². The van der Waals surface area contributed by atoms with Crippen molar-refractivity contribution in [3.8, 4) is 0 Å². The normalized spacial score (nSPS) is 23.6. The first kappa shape index (κ1) is 38.9. The molecule has 1 aromatic rings. The number of carbonyl (C=O) groups excluding carboxylic acids is 6. The maximum atomic E-state index is 13.8. The zero-order chi connectivity index (χ0) is 36.4. The minimum Gasteiger partial charge on any atom is -0.348 e. The molecule has 2 heterocycles. The van der Waals surface area contributed by atoms with Crippen molar-refractivity contribution in [3.05, 3.63) is 24.3 Å². The van der Waals surface area contributed by atoms with Crippen LogP contribution in [-0.2, 0) is 24.0 Å². The van der Waals surface area contributed by atoms with Crippen molar-refractivity contribution >= 4 is 35.8 Å². The Morgan fingerprint density at radius 1 is 0.960 bits per heavy atom. The monoisotopic (exact) mass is 695 g/mol. The van der Waals surface area contributed by atoms with Gasteiger partial charge in [0.1, 0.15) is 17.8 Å². The number of nitrogens with zero attached hydrogens (tertiary/aromatic N) is 3. The van der Waals surface area contributed by atoms with Gasteiger partial charge in [0.25, 0.3) is 11.8 Å². The summed E-state index contributed by atoms with van der Waals surface area (Å²) in [5.74, 6) is -0.650. The lowest BCUT2D eigenvalue weighted by molar-refractivity contribution is -0.141. The zero-order valence-corrected chi connectivity index (χ0v) is 30.4. The second kappa shape index (κ2) is 17.8. The van der Waals surface area contributed by atoms with E-state index < -0.39 is 41.1 Å². The molecule has 13 heteroatoms. The lowest BCUT2D eigenvalue weighted by Crippen LogP contribution is -2.60. The summed E-state index contributed by atoms with van der Waals surface area (Å²) in [4.78, 5) is 83.7. The van der Waals surface area contributed by atoms with Crippen molar-refractivity contribution in [3.63, 3.8) is 0 Å². The van der Waals surface area contributed by atoms with Crippen LogP contribution in [0.1, 0.15) is 122 Å². The van der Waals surface area contributed by atoms with E-state index >= 15 is 0 Å². The molecule has 0 radical (unpaired) electrons. The van der Waals surface area contributed by atoms with Crippen LogP contribution in [-0.4, -0.2) is 87.4 Å². The summed E-state index contributed by atoms with van der Waals surface area (Å²) in [6.45, 7) is 10.8. The van der Waals surface area contributed by atoms with E-state index in [-0.39, 0.29) is 35.5 Å². The Morgan fingerprint density at radius 3 is 2.26 bits per heavy atom. The van der Waals surface area contributed by atoms with Crippen LogP contribution in [0, 0.1) is 23.2 Å². The van der Waals surface area contributed by atoms with Gasteiger partial charge in [0.15, 0.2) is 0 Å². The van der Waals surface area contributed by atoms with Crippen LogP contribution < -0.4 is 21.3 Å². The molecule has 4 aliphatic rings. The topological polar surface area (TPSA) is 180 Å². The molecule has 3 saturated carbocycles. The third-order valence-corrected chi connectivity index (χ3v) is 10.7. The van der Waals surface area contributed by atoms with E-state index in [1.807, 2.05) is 32.6 Å². The van der Waals surface area contributed by atoms with Crippen LogP contribution in [0.15, 0.2) is 18.6 Å². The molecule has 3 aliphatic carbocycles. The van der Waals surface area contributed by atoms with Crippen LogP contribution in [0.4, 0.5) is 0 Å². The van der Waals surface area contributed by atoms with E-state index in [1.165, 1.54) is 37.9 Å². The number of rotatable bonds is 13. The molecule has 13 nitrogen and oxygen atoms in total. The van der Waals surface area contributed by atoms with Gasteiger partial charge in [0, 0.05) is 31.0 Å². The number of hydrogen-bond acceptors (Lipinski definition) is 8. The first-order chi connectivity index (χ1) is 23.8. The first-order valence-electron chi connectivity index (χ1n) is 18.6. The Hall–Kier alpha value is -3.90. The minimum absolute atomic E-state index is 0.00426. The summed E-state index contributed by atoms with van der Waals surface area (Å²) in [5, 5.41) is 11.0. The molecule has 5 rings (SSSR count). The maximum Gasteiger partial charge on any atom is 0.289 e. The van der Waals surface area contributed by atoms with Crippen molar-refractivity contribution in [1.29, 1.82) is 0 Å². The average Bonchev–Trinajstić information content (AvgIpc) is 3.70. The highest BCUT2D eigenvalue weighted by atomic mass is 16.2. The smallest absolute Gasteiger partial charge is 0.289 e. The fraction of sp³-hybridized carbons (Fsp3) is 0.730. The predicted octanol–water partition coefficient (Wildman–Crippen LogP) is 3.08. The molecule has 2 unspecified atom stereocenters. The molecule has 1 aliphatic heterocycles. The van der Waals surface area contributed by atoms with E-state index in [0.717, 1.165) is 57.9 Å². The highest BCUT2D eigenvalue weighted by molar-refractivity contribution is 6.38. The molecule has 5 amide bonds. The Balaban J connectivity index is 0.000000314. The Bertz CT molecular complexity index is 1340. The highest BCUT2D eigenvalue weighted by Gasteiger charge is 2.47. The molecule has 1 saturated heterocycles. The van der Waals surface area contributed by atoms with Crippen molar-refractivity contribution < 1.29 is 28.8 Å². The maximum absolute atomic E-state index is 13.8. The van der Waals surface area contributed by atoms with E-state index in [0.29, 0.717) is 24.7 Å². The van der Waals surface area contributed by atoms with E-state index in [2.05, 4.69) is 38.2 Å². The fourth-order valence-electron chi connectivity index (χ4n) is 7.71. The number of Topliss-reactive ketones (excluding diaryl/α,β-unsaturated/α-hetero) is 1. The Labute approximate surface area is 296 Å². The van der Waals surface area contributed by atoms with Gasteiger partial charge in [-0.3, -0.25) is 33.8 Å². The fourth-order valence-corrected chi connectivity index (χ4v) is 7.71. The number of nitrogens with one attached hydrogen (secondary N) is 4. The second-order valence-corrected chi connectivity index (χ2v) is 15.6. The van der Waals surface area contributed by atoms with Crippen LogP contribution >= 0.6 is 0 Å². The molecular weight excluding hydrogens is 638 g/mol. The minimum atomic E-state index is -0.710. The third-order valence-electron chi connectivity index (χ3n) is 10.7. The van der Waals surface area contributed by atoms with Gasteiger partial charge in [-0.1, -0.05) is 59.8 Å². The van der Waals surface area contributed by atoms with Crippen molar-refractivity contribution in [2.45, 2.75) is 142 Å². The third kappa shape index (κ3) is 10.3. The van der Waals surface area contributed by atoms with Gasteiger partial charge >= 0.3 is 0 Å². The van der Waals surface area contributed by atoms with Crippen molar-refractivity contribution in [2.75, 3.05) is 6.54 Å². The highest BCUT2D eigenvalue weighted by Crippen LogP contribution is 2.42. The van der Waals surface area contributed by atoms with Gasteiger partial charge in [0.05, 0.1) is 12.2 Å². The molecular formula is C37H57N7O6. The molecule has 0 spiro atoms. The Kier molecular flexibility index (Phi) is 13.9. The number of ketones is 1. The van der Waals surface area contributed by atoms with Gasteiger partial charge in [0.2, 0.25) is 24.0 Å². The number of fused-ring (bicyclic) bond motifs is 1. The van der Waals surface area contributed by atoms with Crippen molar-refractivity contribution in [2.24, 2.45) is 23.2 Å². The average molecular weight is 696 g/mol. The summed E-state index contributed by atoms with van der Waals surface area (Å²) < 4.78 is 0. The van der Waals surface area contributed by atoms with Crippen LogP contribution in [0.2, 0.25) is 0 Å². The van der Waals surface area contributed by atoms with E-state index in [1.54, 1.807) is 0 Å². The zero-order valence-electron chi connectivity index (χ0n) is 30.4. The molecule has 4 N–H and O–H groups in total. The largest absolute Gasteiger partial charge is 0.348 e. The lowest BCUT2D eigenvalue weighted by atomic mass is 9.82. The van der Waals surface area contributed by atoms with Crippen LogP contribution in [0.5, 0.6) is 0 Å². The summed E-state index contributed by atoms with van der Waals surface area (Å²) in [6, 6.07) is -1.68. The van der Waals surface area contributed by atoms with E-state index in [4.69, 9.17) is 0 Å². The van der Waals surface area contributed by atoms with Crippen LogP contribution in [0.25, 0.3) is 0 Å². The lowest BCUT2D eigenvalue weighted by Gasteiger charge is -2.37. The quantitative estimate of drug-likeness (QED) is 0.180. The predicted molar refractivity (Wildman–Crippen MR) is 187 cm³/mol. The van der Waals surface area contributed by atoms with Gasteiger partial charge in [-0.2, -0.15) is 0 Å². The molecule has 1 aromatic heterocycles. The number of amides is 5. The Morgan fingerprint density at radius 2 is 1.68 bits per heavy atom. The van der Waals surface area contributed by atoms with Crippen LogP contribution in [0.3, 0.4) is 0 Å². The number of aromatic nitrogens is 2. The molecule has 4 fully saturated rings.